The predicted molar refractivity (Wildman–Crippen MR) is 200 cm³/mol. The Kier molecular flexibility index (Phi) is 13.5. The first kappa shape index (κ1) is 48.1. The van der Waals surface area contributed by atoms with Crippen molar-refractivity contribution in [2.24, 2.45) is 50.2 Å². The van der Waals surface area contributed by atoms with Gasteiger partial charge >= 0.3 is 29.6 Å². The van der Waals surface area contributed by atoms with E-state index in [1.165, 1.54) is 0 Å². The van der Waals surface area contributed by atoms with Gasteiger partial charge in [-0.2, -0.15) is 0 Å². The summed E-state index contributed by atoms with van der Waals surface area (Å²) >= 11 is 0. The summed E-state index contributed by atoms with van der Waals surface area (Å²) in [6.45, 7) is 10.8. The van der Waals surface area contributed by atoms with Crippen LogP contribution in [0.5, 0.6) is 0 Å². The van der Waals surface area contributed by atoms with Crippen LogP contribution in [0.4, 0.5) is 0 Å². The number of aliphatic hydroxyl groups excluding tert-OH is 10. The first-order valence-corrected chi connectivity index (χ1v) is 21.1. The van der Waals surface area contributed by atoms with Gasteiger partial charge in [-0.3, -0.25) is 0 Å². The van der Waals surface area contributed by atoms with Crippen LogP contribution in [-0.4, -0.2) is 157 Å². The normalized spacial score (nSPS) is 54.3. The van der Waals surface area contributed by atoms with Gasteiger partial charge in [0.25, 0.3) is 0 Å². The molecule has 0 spiro atoms. The van der Waals surface area contributed by atoms with E-state index in [1.54, 1.807) is 0 Å². The Hall–Kier alpha value is -0.350. The molecule has 10 N–H and O–H groups in total. The standard InChI is InChI=1S/C42H68O16.Na/c1-37(2)11-12-42(36(53)54)20(13-37)19-7-8-25-38(3)14-21(46)33(39(4,18-45)24(38)9-10-40(25,5)41(19,6)15-26(42)47)58-35-31(52)32(28(49)23(17-44)56-35)57-34-30(51)29(50)27(48)22(16-43)55-34;/h7,20-35,43-52H,8-18H2,1-6H3,(H,53,54);/q;+1/p-1/t20-,21-,22+,23+,24+,25+,26-,27+,28+,29-,30+,31+,32-,33-,34-,35-,38-,39-,40+,41+,42+;/m0./s1. The van der Waals surface area contributed by atoms with Crippen molar-refractivity contribution in [1.82, 2.24) is 0 Å². The van der Waals surface area contributed by atoms with Crippen molar-refractivity contribution in [1.29, 1.82) is 0 Å². The third-order valence-corrected chi connectivity index (χ3v) is 17.4. The summed E-state index contributed by atoms with van der Waals surface area (Å²) in [4.78, 5) is 13.0. The average Bonchev–Trinajstić information content (AvgIpc) is 3.15. The van der Waals surface area contributed by atoms with Gasteiger partial charge in [-0.25, -0.2) is 0 Å². The van der Waals surface area contributed by atoms with Crippen LogP contribution in [0, 0.1) is 50.2 Å². The van der Waals surface area contributed by atoms with Crippen molar-refractivity contribution in [3.05, 3.63) is 11.6 Å². The zero-order valence-electron chi connectivity index (χ0n) is 35.5. The Labute approximate surface area is 368 Å². The minimum Gasteiger partial charge on any atom is -0.549 e. The summed E-state index contributed by atoms with van der Waals surface area (Å²) in [6.07, 6.45) is -13.8. The molecule has 0 aromatic heterocycles. The monoisotopic (exact) mass is 850 g/mol. The fourth-order valence-electron chi connectivity index (χ4n) is 13.9. The van der Waals surface area contributed by atoms with Gasteiger partial charge in [-0.1, -0.05) is 53.2 Å². The molecule has 7 rings (SSSR count). The molecule has 0 unspecified atom stereocenters. The van der Waals surface area contributed by atoms with Crippen molar-refractivity contribution in [2.45, 2.75) is 173 Å². The topological polar surface area (TPSA) is 279 Å². The molecule has 7 aliphatic rings. The molecule has 0 aromatic carbocycles. The number of hydrogen-bond acceptors (Lipinski definition) is 16. The number of carboxylic acids is 1. The SMILES string of the molecule is CC1(C)CC[C@]2(C(=O)[O-])[C@@H](O)C[C@]3(C)C(=CC[C@@H]4[C@@]5(C)C[C@H](O)[C@H](O[C@@H]6O[C@H](CO)[C@@H](O)[C@H](O[C@@H]7O[C@H](CO)[C@@H](O)[C@H](O)[C@H]7O)[C@H]6O)[C@@](C)(CO)[C@@H]5CC[C@]43C)[C@@H]2C1.[Na+]. The van der Waals surface area contributed by atoms with Crippen LogP contribution in [0.25, 0.3) is 0 Å². The van der Waals surface area contributed by atoms with E-state index < -0.39 is 133 Å². The van der Waals surface area contributed by atoms with Crippen LogP contribution in [0.1, 0.15) is 92.9 Å². The predicted octanol–water partition coefficient (Wildman–Crippen LogP) is -4.53. The Bertz CT molecular complexity index is 1580. The fourth-order valence-corrected chi connectivity index (χ4v) is 13.9. The van der Waals surface area contributed by atoms with Crippen LogP contribution >= 0.6 is 0 Å². The maximum Gasteiger partial charge on any atom is 1.00 e. The summed E-state index contributed by atoms with van der Waals surface area (Å²) in [5.74, 6) is -1.85. The molecule has 0 amide bonds. The first-order chi connectivity index (χ1) is 27.0. The van der Waals surface area contributed by atoms with Gasteiger partial charge in [0, 0.05) is 10.8 Å². The van der Waals surface area contributed by atoms with Crippen LogP contribution in [0.2, 0.25) is 0 Å². The van der Waals surface area contributed by atoms with Crippen LogP contribution < -0.4 is 34.7 Å². The Morgan fingerprint density at radius 1 is 0.763 bits per heavy atom. The minimum absolute atomic E-state index is 0. The fraction of sp³-hybridized carbons (Fsp3) is 0.929. The first-order valence-electron chi connectivity index (χ1n) is 21.1. The Morgan fingerprint density at radius 3 is 1.97 bits per heavy atom. The Balaban J connectivity index is 0.00000585. The number of rotatable bonds is 8. The molecule has 0 aromatic rings. The summed E-state index contributed by atoms with van der Waals surface area (Å²) < 4.78 is 23.5. The summed E-state index contributed by atoms with van der Waals surface area (Å²) in [6, 6.07) is 0. The minimum atomic E-state index is -1.85. The maximum absolute atomic E-state index is 13.0. The molecule has 59 heavy (non-hydrogen) atoms. The second-order valence-electron chi connectivity index (χ2n) is 20.8. The summed E-state index contributed by atoms with van der Waals surface area (Å²) in [5, 5.41) is 122. The number of allylic oxidation sites excluding steroid dienone is 2. The number of carbonyl (C=O) groups is 1. The number of aliphatic hydroxyl groups is 10. The largest absolute Gasteiger partial charge is 1.00 e. The van der Waals surface area contributed by atoms with E-state index in [1.807, 2.05) is 6.92 Å². The smallest absolute Gasteiger partial charge is 0.549 e. The molecule has 4 saturated carbocycles. The van der Waals surface area contributed by atoms with Crippen molar-refractivity contribution in [3.8, 4) is 0 Å². The van der Waals surface area contributed by atoms with Crippen molar-refractivity contribution in [3.63, 3.8) is 0 Å². The average molecular weight is 851 g/mol. The molecule has 5 aliphatic carbocycles. The molecule has 332 valence electrons. The number of hydrogen-bond donors (Lipinski definition) is 10. The maximum atomic E-state index is 13.0. The Morgan fingerprint density at radius 2 is 1.37 bits per heavy atom. The second-order valence-corrected chi connectivity index (χ2v) is 20.8. The molecule has 16 nitrogen and oxygen atoms in total. The molecule has 21 atom stereocenters. The van der Waals surface area contributed by atoms with Gasteiger partial charge in [0.05, 0.1) is 44.1 Å². The number of ether oxygens (including phenoxy) is 4. The quantitative estimate of drug-likeness (QED) is 0.0626. The molecule has 0 radical (unpaired) electrons. The van der Waals surface area contributed by atoms with Crippen molar-refractivity contribution >= 4 is 5.97 Å². The zero-order valence-corrected chi connectivity index (χ0v) is 37.5. The van der Waals surface area contributed by atoms with Crippen molar-refractivity contribution in [2.75, 3.05) is 19.8 Å². The molecule has 0 bridgehead atoms. The number of aliphatic carboxylic acids is 1. The second kappa shape index (κ2) is 16.6. The van der Waals surface area contributed by atoms with E-state index >= 15 is 0 Å². The van der Waals surface area contributed by atoms with Gasteiger partial charge in [0.1, 0.15) is 48.8 Å². The van der Waals surface area contributed by atoms with Gasteiger partial charge in [-0.15, -0.1) is 0 Å². The van der Waals surface area contributed by atoms with E-state index in [4.69, 9.17) is 18.9 Å². The van der Waals surface area contributed by atoms with Crippen LogP contribution in [-0.2, 0) is 23.7 Å². The van der Waals surface area contributed by atoms with E-state index in [2.05, 4.69) is 40.7 Å². The van der Waals surface area contributed by atoms with Crippen molar-refractivity contribution < 1.29 is 109 Å². The van der Waals surface area contributed by atoms with Gasteiger partial charge in [0.15, 0.2) is 12.6 Å². The van der Waals surface area contributed by atoms with Crippen LogP contribution in [0.3, 0.4) is 0 Å². The van der Waals surface area contributed by atoms with Gasteiger partial charge < -0.3 is 79.9 Å². The van der Waals surface area contributed by atoms with Crippen LogP contribution in [0.15, 0.2) is 11.6 Å². The molecule has 2 heterocycles. The van der Waals surface area contributed by atoms with E-state index in [0.717, 1.165) is 5.57 Å². The number of carbonyl (C=O) groups excluding carboxylic acids is 1. The summed E-state index contributed by atoms with van der Waals surface area (Å²) in [7, 11) is 0. The molecule has 17 heteroatoms. The number of fused-ring (bicyclic) bond motifs is 7. The molecular weight excluding hydrogens is 783 g/mol. The van der Waals surface area contributed by atoms with E-state index in [-0.39, 0.29) is 65.6 Å². The molecule has 2 saturated heterocycles. The van der Waals surface area contributed by atoms with Gasteiger partial charge in [-0.05, 0) is 90.8 Å². The number of carboxylic acid groups (broad SMARTS) is 1. The summed E-state index contributed by atoms with van der Waals surface area (Å²) in [5.41, 5.74) is -3.08. The van der Waals surface area contributed by atoms with E-state index in [9.17, 15) is 61.0 Å². The molecular formula is C42H67NaO16. The van der Waals surface area contributed by atoms with E-state index in [0.29, 0.717) is 38.5 Å². The zero-order chi connectivity index (χ0) is 42.7. The molecule has 6 fully saturated rings. The van der Waals surface area contributed by atoms with Gasteiger partial charge in [0.2, 0.25) is 0 Å². The third-order valence-electron chi connectivity index (χ3n) is 17.4. The molecule has 2 aliphatic heterocycles. The third kappa shape index (κ3) is 7.09.